The van der Waals surface area contributed by atoms with Gasteiger partial charge in [-0.2, -0.15) is 5.26 Å². The summed E-state index contributed by atoms with van der Waals surface area (Å²) in [4.78, 5) is 3.34. The van der Waals surface area contributed by atoms with Crippen LogP contribution in [0.1, 0.15) is 36.6 Å². The van der Waals surface area contributed by atoms with E-state index >= 15 is 0 Å². The van der Waals surface area contributed by atoms with Crippen LogP contribution < -0.4 is 4.74 Å². The van der Waals surface area contributed by atoms with E-state index in [1.54, 1.807) is 0 Å². The Hall–Kier alpha value is -2.73. The largest absolute Gasteiger partial charge is 0.489 e. The van der Waals surface area contributed by atoms with Gasteiger partial charge in [0.2, 0.25) is 0 Å². The molecular formula is C19H18N2O. The molecule has 0 aliphatic rings. The molecule has 1 heterocycles. The lowest BCUT2D eigenvalue weighted by Crippen LogP contribution is -1.94. The van der Waals surface area contributed by atoms with Gasteiger partial charge in [0.05, 0.1) is 5.56 Å². The number of hydrogen-bond acceptors (Lipinski definition) is 2. The van der Waals surface area contributed by atoms with Crippen molar-refractivity contribution in [1.29, 1.82) is 5.26 Å². The maximum Gasteiger partial charge on any atom is 0.120 e. The van der Waals surface area contributed by atoms with Gasteiger partial charge >= 0.3 is 0 Å². The molecule has 1 N–H and O–H groups in total. The first-order valence-corrected chi connectivity index (χ1v) is 7.41. The van der Waals surface area contributed by atoms with Crippen LogP contribution in [0.25, 0.3) is 10.9 Å². The van der Waals surface area contributed by atoms with E-state index in [1.807, 2.05) is 48.5 Å². The Morgan fingerprint density at radius 1 is 1.14 bits per heavy atom. The van der Waals surface area contributed by atoms with Gasteiger partial charge in [-0.25, -0.2) is 0 Å². The Morgan fingerprint density at radius 2 is 1.91 bits per heavy atom. The number of aromatic amines is 1. The molecule has 0 fully saturated rings. The lowest BCUT2D eigenvalue weighted by molar-refractivity contribution is 0.306. The van der Waals surface area contributed by atoms with E-state index < -0.39 is 0 Å². The van der Waals surface area contributed by atoms with Gasteiger partial charge in [-0.05, 0) is 29.7 Å². The third-order valence-corrected chi connectivity index (χ3v) is 3.74. The maximum absolute atomic E-state index is 9.44. The van der Waals surface area contributed by atoms with Gasteiger partial charge in [-0.1, -0.05) is 44.2 Å². The normalized spacial score (nSPS) is 10.8. The monoisotopic (exact) mass is 290 g/mol. The molecule has 0 amide bonds. The van der Waals surface area contributed by atoms with Crippen LogP contribution in [0.4, 0.5) is 0 Å². The SMILES string of the molecule is CC(C)c1[nH]c2ccc(OCc3ccccc3)cc2c1C#N. The number of fused-ring (bicyclic) bond motifs is 1. The summed E-state index contributed by atoms with van der Waals surface area (Å²) in [5.74, 6) is 1.07. The molecular weight excluding hydrogens is 272 g/mol. The van der Waals surface area contributed by atoms with E-state index in [4.69, 9.17) is 4.74 Å². The molecule has 22 heavy (non-hydrogen) atoms. The molecule has 3 nitrogen and oxygen atoms in total. The number of nitrogens with zero attached hydrogens (tertiary/aromatic N) is 1. The molecule has 3 aromatic rings. The minimum Gasteiger partial charge on any atom is -0.489 e. The summed E-state index contributed by atoms with van der Waals surface area (Å²) in [7, 11) is 0. The quantitative estimate of drug-likeness (QED) is 0.754. The second-order valence-corrected chi connectivity index (χ2v) is 5.66. The number of rotatable bonds is 4. The topological polar surface area (TPSA) is 48.8 Å². The van der Waals surface area contributed by atoms with E-state index in [2.05, 4.69) is 24.9 Å². The minimum absolute atomic E-state index is 0.288. The van der Waals surface area contributed by atoms with Crippen LogP contribution in [-0.2, 0) is 6.61 Å². The van der Waals surface area contributed by atoms with Crippen LogP contribution in [0.5, 0.6) is 5.75 Å². The Bertz CT molecular complexity index is 826. The maximum atomic E-state index is 9.44. The molecule has 0 atom stereocenters. The van der Waals surface area contributed by atoms with Gasteiger partial charge < -0.3 is 9.72 Å². The number of hydrogen-bond donors (Lipinski definition) is 1. The van der Waals surface area contributed by atoms with Gasteiger partial charge in [-0.15, -0.1) is 0 Å². The minimum atomic E-state index is 0.288. The van der Waals surface area contributed by atoms with Crippen molar-refractivity contribution in [3.63, 3.8) is 0 Å². The summed E-state index contributed by atoms with van der Waals surface area (Å²) in [6, 6.07) is 18.2. The molecule has 2 aromatic carbocycles. The Balaban J connectivity index is 1.91. The molecule has 110 valence electrons. The van der Waals surface area contributed by atoms with E-state index in [0.717, 1.165) is 33.5 Å². The molecule has 0 saturated heterocycles. The fourth-order valence-corrected chi connectivity index (χ4v) is 2.58. The zero-order chi connectivity index (χ0) is 15.5. The molecule has 3 rings (SSSR count). The van der Waals surface area contributed by atoms with Crippen molar-refractivity contribution in [2.24, 2.45) is 0 Å². The molecule has 0 aliphatic carbocycles. The molecule has 0 unspecified atom stereocenters. The van der Waals surface area contributed by atoms with Crippen molar-refractivity contribution in [3.8, 4) is 11.8 Å². The molecule has 1 aromatic heterocycles. The first kappa shape index (κ1) is 14.2. The van der Waals surface area contributed by atoms with Crippen molar-refractivity contribution in [3.05, 3.63) is 65.4 Å². The fraction of sp³-hybridized carbons (Fsp3) is 0.211. The van der Waals surface area contributed by atoms with E-state index in [9.17, 15) is 5.26 Å². The second kappa shape index (κ2) is 5.95. The van der Waals surface area contributed by atoms with Gasteiger partial charge in [0.15, 0.2) is 0 Å². The number of nitriles is 1. The summed E-state index contributed by atoms with van der Waals surface area (Å²) < 4.78 is 5.85. The van der Waals surface area contributed by atoms with Crippen molar-refractivity contribution < 1.29 is 4.74 Å². The highest BCUT2D eigenvalue weighted by molar-refractivity contribution is 5.88. The van der Waals surface area contributed by atoms with Crippen LogP contribution >= 0.6 is 0 Å². The number of nitrogens with one attached hydrogen (secondary N) is 1. The van der Waals surface area contributed by atoms with Gasteiger partial charge in [0.1, 0.15) is 18.4 Å². The first-order chi connectivity index (χ1) is 10.7. The summed E-state index contributed by atoms with van der Waals surface area (Å²) >= 11 is 0. The third kappa shape index (κ3) is 2.68. The van der Waals surface area contributed by atoms with E-state index in [-0.39, 0.29) is 5.92 Å². The summed E-state index contributed by atoms with van der Waals surface area (Å²) in [6.07, 6.45) is 0. The molecule has 0 saturated carbocycles. The van der Waals surface area contributed by atoms with Crippen LogP contribution in [-0.4, -0.2) is 4.98 Å². The van der Waals surface area contributed by atoms with Crippen molar-refractivity contribution in [2.45, 2.75) is 26.4 Å². The highest BCUT2D eigenvalue weighted by atomic mass is 16.5. The zero-order valence-corrected chi connectivity index (χ0v) is 12.8. The van der Waals surface area contributed by atoms with Crippen molar-refractivity contribution in [2.75, 3.05) is 0 Å². The lowest BCUT2D eigenvalue weighted by atomic mass is 10.0. The smallest absolute Gasteiger partial charge is 0.120 e. The molecule has 0 bridgehead atoms. The average molecular weight is 290 g/mol. The average Bonchev–Trinajstić information content (AvgIpc) is 2.92. The lowest BCUT2D eigenvalue weighted by Gasteiger charge is -2.06. The van der Waals surface area contributed by atoms with Crippen molar-refractivity contribution in [1.82, 2.24) is 4.98 Å². The predicted molar refractivity (Wildman–Crippen MR) is 87.9 cm³/mol. The summed E-state index contributed by atoms with van der Waals surface area (Å²) in [5, 5.41) is 10.4. The van der Waals surface area contributed by atoms with Gasteiger partial charge in [-0.3, -0.25) is 0 Å². The van der Waals surface area contributed by atoms with Crippen LogP contribution in [0.2, 0.25) is 0 Å². The molecule has 3 heteroatoms. The Morgan fingerprint density at radius 3 is 2.59 bits per heavy atom. The molecule has 0 aliphatic heterocycles. The fourth-order valence-electron chi connectivity index (χ4n) is 2.58. The van der Waals surface area contributed by atoms with E-state index in [1.165, 1.54) is 0 Å². The van der Waals surface area contributed by atoms with Crippen molar-refractivity contribution >= 4 is 10.9 Å². The van der Waals surface area contributed by atoms with Crippen LogP contribution in [0.15, 0.2) is 48.5 Å². The van der Waals surface area contributed by atoms with Gasteiger partial charge in [0, 0.05) is 16.6 Å². The number of benzene rings is 2. The zero-order valence-electron chi connectivity index (χ0n) is 12.8. The molecule has 0 radical (unpaired) electrons. The first-order valence-electron chi connectivity index (χ1n) is 7.41. The van der Waals surface area contributed by atoms with E-state index in [0.29, 0.717) is 6.61 Å². The summed E-state index contributed by atoms with van der Waals surface area (Å²) in [6.45, 7) is 4.69. The highest BCUT2D eigenvalue weighted by Crippen LogP contribution is 2.30. The highest BCUT2D eigenvalue weighted by Gasteiger charge is 2.14. The second-order valence-electron chi connectivity index (χ2n) is 5.66. The Kier molecular flexibility index (Phi) is 3.84. The Labute approximate surface area is 130 Å². The number of ether oxygens (including phenoxy) is 1. The number of H-pyrrole nitrogens is 1. The third-order valence-electron chi connectivity index (χ3n) is 3.74. The predicted octanol–water partition coefficient (Wildman–Crippen LogP) is 4.74. The number of aromatic nitrogens is 1. The van der Waals surface area contributed by atoms with Crippen LogP contribution in [0.3, 0.4) is 0 Å². The summed E-state index contributed by atoms with van der Waals surface area (Å²) in [5.41, 5.74) is 3.81. The van der Waals surface area contributed by atoms with Crippen LogP contribution in [0, 0.1) is 11.3 Å². The molecule has 0 spiro atoms. The van der Waals surface area contributed by atoms with Gasteiger partial charge in [0.25, 0.3) is 0 Å². The standard InChI is InChI=1S/C19H18N2O/c1-13(2)19-17(11-20)16-10-15(8-9-18(16)21-19)22-12-14-6-4-3-5-7-14/h3-10,13,21H,12H2,1-2H3.